The van der Waals surface area contributed by atoms with E-state index in [4.69, 9.17) is 9.73 Å². The van der Waals surface area contributed by atoms with Gasteiger partial charge in [-0.05, 0) is 37.1 Å². The minimum atomic E-state index is 0. The number of hydrogen-bond donors (Lipinski definition) is 2. The average Bonchev–Trinajstić information content (AvgIpc) is 2.66. The Kier molecular flexibility index (Phi) is 10.8. The highest BCUT2D eigenvalue weighted by Crippen LogP contribution is 2.12. The van der Waals surface area contributed by atoms with E-state index >= 15 is 0 Å². The van der Waals surface area contributed by atoms with Crippen LogP contribution in [-0.4, -0.2) is 42.7 Å². The molecule has 0 aliphatic carbocycles. The van der Waals surface area contributed by atoms with Crippen molar-refractivity contribution >= 4 is 29.9 Å². The van der Waals surface area contributed by atoms with Crippen LogP contribution in [0, 0.1) is 6.92 Å². The van der Waals surface area contributed by atoms with Crippen LogP contribution in [0.2, 0.25) is 0 Å². The number of benzene rings is 2. The molecule has 0 heterocycles. The first-order valence-electron chi connectivity index (χ1n) is 9.00. The number of guanidine groups is 1. The zero-order valence-corrected chi connectivity index (χ0v) is 18.6. The predicted octanol–water partition coefficient (Wildman–Crippen LogP) is 3.58. The van der Waals surface area contributed by atoms with Gasteiger partial charge in [0.25, 0.3) is 0 Å². The van der Waals surface area contributed by atoms with Crippen molar-refractivity contribution in [1.29, 1.82) is 0 Å². The van der Waals surface area contributed by atoms with Crippen molar-refractivity contribution in [2.24, 2.45) is 4.99 Å². The molecule has 0 fully saturated rings. The number of aryl methyl sites for hydroxylation is 1. The molecule has 0 amide bonds. The topological polar surface area (TPSA) is 57.1 Å². The van der Waals surface area contributed by atoms with Crippen molar-refractivity contribution in [2.75, 3.05) is 26.7 Å². The first-order valence-corrected chi connectivity index (χ1v) is 9.00. The molecule has 5 nitrogen and oxygen atoms in total. The fourth-order valence-corrected chi connectivity index (χ4v) is 2.54. The Morgan fingerprint density at radius 2 is 1.78 bits per heavy atom. The fraction of sp³-hybridized carbons (Fsp3) is 0.381. The second kappa shape index (κ2) is 12.6. The minimum absolute atomic E-state index is 0. The van der Waals surface area contributed by atoms with Gasteiger partial charge in [0.15, 0.2) is 5.96 Å². The van der Waals surface area contributed by atoms with Gasteiger partial charge >= 0.3 is 0 Å². The van der Waals surface area contributed by atoms with Crippen molar-refractivity contribution in [1.82, 2.24) is 10.2 Å². The number of hydrogen-bond acceptors (Lipinski definition) is 3. The van der Waals surface area contributed by atoms with Gasteiger partial charge in [-0.15, -0.1) is 24.0 Å². The maximum Gasteiger partial charge on any atom is 0.194 e. The number of rotatable bonds is 8. The van der Waals surface area contributed by atoms with Crippen LogP contribution in [0.25, 0.3) is 0 Å². The van der Waals surface area contributed by atoms with Crippen LogP contribution < -0.4 is 10.1 Å². The SMILES string of the molecule is CCNC(=NCc1ccccc1CO)N(C)CCOc1ccc(C)cc1.I. The largest absolute Gasteiger partial charge is 0.492 e. The van der Waals surface area contributed by atoms with Crippen molar-refractivity contribution < 1.29 is 9.84 Å². The molecule has 0 radical (unpaired) electrons. The molecule has 0 atom stereocenters. The number of aliphatic hydroxyl groups excluding tert-OH is 1. The molecule has 148 valence electrons. The second-order valence-corrected chi connectivity index (χ2v) is 6.18. The zero-order valence-electron chi connectivity index (χ0n) is 16.3. The molecule has 0 spiro atoms. The molecule has 0 bridgehead atoms. The number of ether oxygens (including phenoxy) is 1. The Morgan fingerprint density at radius 3 is 2.41 bits per heavy atom. The molecule has 0 aliphatic heterocycles. The summed E-state index contributed by atoms with van der Waals surface area (Å²) in [5.41, 5.74) is 3.17. The fourth-order valence-electron chi connectivity index (χ4n) is 2.54. The summed E-state index contributed by atoms with van der Waals surface area (Å²) in [7, 11) is 2.00. The van der Waals surface area contributed by atoms with Gasteiger partial charge in [0.1, 0.15) is 12.4 Å². The van der Waals surface area contributed by atoms with E-state index < -0.39 is 0 Å². The van der Waals surface area contributed by atoms with Gasteiger partial charge in [-0.1, -0.05) is 42.0 Å². The number of nitrogens with zero attached hydrogens (tertiary/aromatic N) is 2. The van der Waals surface area contributed by atoms with Crippen molar-refractivity contribution in [3.63, 3.8) is 0 Å². The van der Waals surface area contributed by atoms with Crippen LogP contribution in [0.3, 0.4) is 0 Å². The Morgan fingerprint density at radius 1 is 1.11 bits per heavy atom. The van der Waals surface area contributed by atoms with Gasteiger partial charge in [-0.3, -0.25) is 0 Å². The van der Waals surface area contributed by atoms with Crippen LogP contribution in [0.15, 0.2) is 53.5 Å². The summed E-state index contributed by atoms with van der Waals surface area (Å²) in [6, 6.07) is 15.9. The molecule has 0 unspecified atom stereocenters. The van der Waals surface area contributed by atoms with Crippen molar-refractivity contribution in [3.05, 3.63) is 65.2 Å². The van der Waals surface area contributed by atoms with Crippen LogP contribution in [0.5, 0.6) is 5.75 Å². The maximum atomic E-state index is 9.45. The van der Waals surface area contributed by atoms with E-state index in [9.17, 15) is 5.11 Å². The Hall–Kier alpha value is -1.80. The highest BCUT2D eigenvalue weighted by atomic mass is 127. The molecule has 2 aromatic rings. The summed E-state index contributed by atoms with van der Waals surface area (Å²) in [5.74, 6) is 1.70. The standard InChI is InChI=1S/C21H29N3O2.HI/c1-4-22-21(23-15-18-7-5-6-8-19(18)16-25)24(3)13-14-26-20-11-9-17(2)10-12-20;/h5-12,25H,4,13-16H2,1-3H3,(H,22,23);1H. The Labute approximate surface area is 179 Å². The molecular formula is C21H30IN3O2. The summed E-state index contributed by atoms with van der Waals surface area (Å²) < 4.78 is 5.80. The lowest BCUT2D eigenvalue weighted by Gasteiger charge is -2.22. The van der Waals surface area contributed by atoms with E-state index in [-0.39, 0.29) is 30.6 Å². The van der Waals surface area contributed by atoms with Gasteiger partial charge in [-0.2, -0.15) is 0 Å². The number of halogens is 1. The maximum absolute atomic E-state index is 9.45. The van der Waals surface area contributed by atoms with Crippen molar-refractivity contribution in [3.8, 4) is 5.75 Å². The molecule has 0 saturated heterocycles. The van der Waals surface area contributed by atoms with Crippen LogP contribution >= 0.6 is 24.0 Å². The van der Waals surface area contributed by atoms with Crippen LogP contribution in [0.1, 0.15) is 23.6 Å². The number of nitrogens with one attached hydrogen (secondary N) is 1. The lowest BCUT2D eigenvalue weighted by molar-refractivity contribution is 0.280. The third-order valence-corrected chi connectivity index (χ3v) is 4.10. The van der Waals surface area contributed by atoms with Gasteiger partial charge in [0.05, 0.1) is 19.7 Å². The second-order valence-electron chi connectivity index (χ2n) is 6.18. The normalized spacial score (nSPS) is 10.9. The van der Waals surface area contributed by atoms with Gasteiger partial charge < -0.3 is 20.1 Å². The number of likely N-dealkylation sites (N-methyl/N-ethyl adjacent to an activating group) is 1. The highest BCUT2D eigenvalue weighted by Gasteiger charge is 2.07. The quantitative estimate of drug-likeness (QED) is 0.343. The van der Waals surface area contributed by atoms with Crippen LogP contribution in [-0.2, 0) is 13.2 Å². The van der Waals surface area contributed by atoms with Gasteiger partial charge in [0.2, 0.25) is 0 Å². The van der Waals surface area contributed by atoms with Gasteiger partial charge in [0, 0.05) is 13.6 Å². The Bertz CT molecular complexity index is 705. The van der Waals surface area contributed by atoms with E-state index in [1.54, 1.807) is 0 Å². The van der Waals surface area contributed by atoms with Gasteiger partial charge in [-0.25, -0.2) is 4.99 Å². The molecule has 0 saturated carbocycles. The third kappa shape index (κ3) is 7.76. The molecule has 0 aromatic heterocycles. The molecule has 6 heteroatoms. The average molecular weight is 483 g/mol. The molecule has 0 aliphatic rings. The molecule has 27 heavy (non-hydrogen) atoms. The van der Waals surface area contributed by atoms with Crippen LogP contribution in [0.4, 0.5) is 0 Å². The summed E-state index contributed by atoms with van der Waals surface area (Å²) in [4.78, 5) is 6.75. The highest BCUT2D eigenvalue weighted by molar-refractivity contribution is 14.0. The first kappa shape index (κ1) is 23.2. The number of aliphatic imine (C=N–C) groups is 1. The molecular weight excluding hydrogens is 453 g/mol. The first-order chi connectivity index (χ1) is 12.6. The monoisotopic (exact) mass is 483 g/mol. The van der Waals surface area contributed by atoms with E-state index in [0.29, 0.717) is 13.2 Å². The summed E-state index contributed by atoms with van der Waals surface area (Å²) in [6.45, 7) is 6.77. The third-order valence-electron chi connectivity index (χ3n) is 4.10. The Balaban J connectivity index is 0.00000364. The van der Waals surface area contributed by atoms with E-state index in [0.717, 1.165) is 35.9 Å². The molecule has 2 aromatic carbocycles. The number of aliphatic hydroxyl groups is 1. The summed E-state index contributed by atoms with van der Waals surface area (Å²) in [5, 5.41) is 12.8. The van der Waals surface area contributed by atoms with E-state index in [1.165, 1.54) is 5.56 Å². The lowest BCUT2D eigenvalue weighted by Crippen LogP contribution is -2.40. The zero-order chi connectivity index (χ0) is 18.8. The summed E-state index contributed by atoms with van der Waals surface area (Å²) in [6.07, 6.45) is 0. The van der Waals surface area contributed by atoms with E-state index in [1.807, 2.05) is 62.5 Å². The minimum Gasteiger partial charge on any atom is -0.492 e. The smallest absolute Gasteiger partial charge is 0.194 e. The predicted molar refractivity (Wildman–Crippen MR) is 122 cm³/mol. The van der Waals surface area contributed by atoms with Crippen molar-refractivity contribution in [2.45, 2.75) is 27.0 Å². The summed E-state index contributed by atoms with van der Waals surface area (Å²) >= 11 is 0. The lowest BCUT2D eigenvalue weighted by atomic mass is 10.1. The molecule has 2 rings (SSSR count). The van der Waals surface area contributed by atoms with E-state index in [2.05, 4.69) is 17.1 Å². The molecule has 2 N–H and O–H groups in total.